The minimum Gasteiger partial charge on any atom is -0.480 e. The molecule has 0 radical (unpaired) electrons. The van der Waals surface area contributed by atoms with Crippen LogP contribution in [0.2, 0.25) is 0 Å². The van der Waals surface area contributed by atoms with Crippen molar-refractivity contribution in [3.63, 3.8) is 0 Å². The highest BCUT2D eigenvalue weighted by Crippen LogP contribution is 2.27. The summed E-state index contributed by atoms with van der Waals surface area (Å²) in [6.45, 7) is 2.47. The second-order valence-electron chi connectivity index (χ2n) is 4.86. The third-order valence-electron chi connectivity index (χ3n) is 3.22. The SMILES string of the molecule is CC(N)c1ccc(F)cc1OC1CCCCNC1=O. The van der Waals surface area contributed by atoms with Gasteiger partial charge < -0.3 is 15.8 Å². The van der Waals surface area contributed by atoms with E-state index in [1.807, 2.05) is 0 Å². The zero-order valence-corrected chi connectivity index (χ0v) is 11.0. The highest BCUT2D eigenvalue weighted by Gasteiger charge is 2.24. The Balaban J connectivity index is 2.21. The monoisotopic (exact) mass is 266 g/mol. The Morgan fingerprint density at radius 2 is 2.26 bits per heavy atom. The molecule has 1 amide bonds. The van der Waals surface area contributed by atoms with Crippen LogP contribution in [0.25, 0.3) is 0 Å². The largest absolute Gasteiger partial charge is 0.480 e. The summed E-state index contributed by atoms with van der Waals surface area (Å²) in [6.07, 6.45) is 1.92. The Morgan fingerprint density at radius 1 is 1.47 bits per heavy atom. The summed E-state index contributed by atoms with van der Waals surface area (Å²) in [5.74, 6) is -0.178. The highest BCUT2D eigenvalue weighted by atomic mass is 19.1. The highest BCUT2D eigenvalue weighted by molar-refractivity contribution is 5.81. The van der Waals surface area contributed by atoms with E-state index in [0.29, 0.717) is 24.3 Å². The Morgan fingerprint density at radius 3 is 3.00 bits per heavy atom. The van der Waals surface area contributed by atoms with Gasteiger partial charge in [0.05, 0.1) is 0 Å². The van der Waals surface area contributed by atoms with E-state index in [9.17, 15) is 9.18 Å². The quantitative estimate of drug-likeness (QED) is 0.878. The van der Waals surface area contributed by atoms with Gasteiger partial charge in [-0.05, 0) is 32.3 Å². The fourth-order valence-corrected chi connectivity index (χ4v) is 2.16. The van der Waals surface area contributed by atoms with E-state index in [1.54, 1.807) is 13.0 Å². The molecular formula is C14H19FN2O2. The molecule has 0 aliphatic carbocycles. The van der Waals surface area contributed by atoms with Gasteiger partial charge in [-0.2, -0.15) is 0 Å². The number of carbonyl (C=O) groups excluding carboxylic acids is 1. The maximum Gasteiger partial charge on any atom is 0.261 e. The molecule has 2 rings (SSSR count). The zero-order chi connectivity index (χ0) is 13.8. The molecule has 1 aliphatic rings. The second kappa shape index (κ2) is 6.02. The first-order valence-electron chi connectivity index (χ1n) is 6.57. The van der Waals surface area contributed by atoms with E-state index in [0.717, 1.165) is 12.8 Å². The fraction of sp³-hybridized carbons (Fsp3) is 0.500. The van der Waals surface area contributed by atoms with Gasteiger partial charge in [-0.15, -0.1) is 0 Å². The molecule has 19 heavy (non-hydrogen) atoms. The molecule has 104 valence electrons. The first kappa shape index (κ1) is 13.8. The van der Waals surface area contributed by atoms with Crippen LogP contribution in [0.1, 0.15) is 37.8 Å². The van der Waals surface area contributed by atoms with Crippen LogP contribution in [0.15, 0.2) is 18.2 Å². The van der Waals surface area contributed by atoms with Gasteiger partial charge in [0.15, 0.2) is 6.10 Å². The lowest BCUT2D eigenvalue weighted by molar-refractivity contribution is -0.127. The summed E-state index contributed by atoms with van der Waals surface area (Å²) in [5, 5.41) is 2.79. The molecule has 4 nitrogen and oxygen atoms in total. The Hall–Kier alpha value is -1.62. The summed E-state index contributed by atoms with van der Waals surface area (Å²) in [6, 6.07) is 3.96. The fourth-order valence-electron chi connectivity index (χ4n) is 2.16. The molecule has 1 heterocycles. The van der Waals surface area contributed by atoms with Crippen molar-refractivity contribution in [1.29, 1.82) is 0 Å². The Labute approximate surface area is 112 Å². The summed E-state index contributed by atoms with van der Waals surface area (Å²) in [7, 11) is 0. The number of rotatable bonds is 3. The van der Waals surface area contributed by atoms with Crippen molar-refractivity contribution in [2.24, 2.45) is 5.73 Å². The number of hydrogen-bond donors (Lipinski definition) is 2. The van der Waals surface area contributed by atoms with Gasteiger partial charge in [0.2, 0.25) is 0 Å². The minimum absolute atomic E-state index is 0.141. The van der Waals surface area contributed by atoms with Crippen LogP contribution in [0.4, 0.5) is 4.39 Å². The third kappa shape index (κ3) is 3.44. The van der Waals surface area contributed by atoms with Gasteiger partial charge in [-0.3, -0.25) is 4.79 Å². The van der Waals surface area contributed by atoms with Crippen molar-refractivity contribution in [3.8, 4) is 5.75 Å². The van der Waals surface area contributed by atoms with Crippen LogP contribution in [0.5, 0.6) is 5.75 Å². The topological polar surface area (TPSA) is 64.3 Å². The number of amides is 1. The maximum atomic E-state index is 13.3. The summed E-state index contributed by atoms with van der Waals surface area (Å²) >= 11 is 0. The van der Waals surface area contributed by atoms with Gasteiger partial charge >= 0.3 is 0 Å². The van der Waals surface area contributed by atoms with Crippen molar-refractivity contribution < 1.29 is 13.9 Å². The number of benzene rings is 1. The smallest absolute Gasteiger partial charge is 0.261 e. The average Bonchev–Trinajstić information content (AvgIpc) is 2.55. The molecule has 0 aromatic heterocycles. The van der Waals surface area contributed by atoms with Crippen LogP contribution in [-0.4, -0.2) is 18.6 Å². The third-order valence-corrected chi connectivity index (χ3v) is 3.22. The second-order valence-corrected chi connectivity index (χ2v) is 4.86. The average molecular weight is 266 g/mol. The normalized spacial score (nSPS) is 21.4. The van der Waals surface area contributed by atoms with Gasteiger partial charge in [-0.25, -0.2) is 4.39 Å². The Bertz CT molecular complexity index is 463. The molecule has 1 fully saturated rings. The van der Waals surface area contributed by atoms with Crippen LogP contribution in [0, 0.1) is 5.82 Å². The van der Waals surface area contributed by atoms with Crippen molar-refractivity contribution >= 4 is 5.91 Å². The molecule has 3 N–H and O–H groups in total. The van der Waals surface area contributed by atoms with Gasteiger partial charge in [-0.1, -0.05) is 6.07 Å². The van der Waals surface area contributed by atoms with E-state index in [1.165, 1.54) is 12.1 Å². The molecule has 1 aromatic rings. The molecular weight excluding hydrogens is 247 g/mol. The lowest BCUT2D eigenvalue weighted by Gasteiger charge is -2.19. The molecule has 2 atom stereocenters. The van der Waals surface area contributed by atoms with Gasteiger partial charge in [0.1, 0.15) is 11.6 Å². The number of ether oxygens (including phenoxy) is 1. The number of nitrogens with one attached hydrogen (secondary N) is 1. The van der Waals surface area contributed by atoms with Crippen molar-refractivity contribution in [2.45, 2.75) is 38.3 Å². The molecule has 1 aliphatic heterocycles. The minimum atomic E-state index is -0.568. The van der Waals surface area contributed by atoms with E-state index in [2.05, 4.69) is 5.32 Å². The van der Waals surface area contributed by atoms with E-state index >= 15 is 0 Å². The molecule has 1 aromatic carbocycles. The number of hydrogen-bond acceptors (Lipinski definition) is 3. The standard InChI is InChI=1S/C14H19FN2O2/c1-9(16)11-6-5-10(15)8-13(11)19-12-4-2-3-7-17-14(12)18/h5-6,8-9,12H,2-4,7,16H2,1H3,(H,17,18). The molecule has 0 bridgehead atoms. The maximum absolute atomic E-state index is 13.3. The summed E-state index contributed by atoms with van der Waals surface area (Å²) < 4.78 is 19.0. The predicted molar refractivity (Wildman–Crippen MR) is 70.3 cm³/mol. The molecule has 0 spiro atoms. The van der Waals surface area contributed by atoms with Gasteiger partial charge in [0.25, 0.3) is 5.91 Å². The zero-order valence-electron chi connectivity index (χ0n) is 11.0. The lowest BCUT2D eigenvalue weighted by atomic mass is 10.1. The number of carbonyl (C=O) groups is 1. The van der Waals surface area contributed by atoms with Crippen molar-refractivity contribution in [2.75, 3.05) is 6.54 Å². The van der Waals surface area contributed by atoms with E-state index < -0.39 is 11.9 Å². The molecule has 1 saturated heterocycles. The number of halogens is 1. The predicted octanol–water partition coefficient (Wildman–Crippen LogP) is 1.89. The van der Waals surface area contributed by atoms with Crippen LogP contribution >= 0.6 is 0 Å². The van der Waals surface area contributed by atoms with Crippen molar-refractivity contribution in [3.05, 3.63) is 29.6 Å². The summed E-state index contributed by atoms with van der Waals surface area (Å²) in [4.78, 5) is 11.8. The van der Waals surface area contributed by atoms with Crippen LogP contribution < -0.4 is 15.8 Å². The molecule has 5 heteroatoms. The van der Waals surface area contributed by atoms with Crippen molar-refractivity contribution in [1.82, 2.24) is 5.32 Å². The first-order valence-corrected chi connectivity index (χ1v) is 6.57. The number of nitrogens with two attached hydrogens (primary N) is 1. The van der Waals surface area contributed by atoms with Gasteiger partial charge in [0, 0.05) is 24.2 Å². The molecule has 2 unspecified atom stereocenters. The summed E-state index contributed by atoms with van der Waals surface area (Å²) in [5.41, 5.74) is 6.54. The van der Waals surface area contributed by atoms with Crippen LogP contribution in [0.3, 0.4) is 0 Å². The van der Waals surface area contributed by atoms with Crippen LogP contribution in [-0.2, 0) is 4.79 Å². The Kier molecular flexibility index (Phi) is 4.37. The first-order chi connectivity index (χ1) is 9.08. The lowest BCUT2D eigenvalue weighted by Crippen LogP contribution is -2.36. The van der Waals surface area contributed by atoms with E-state index in [4.69, 9.17) is 10.5 Å². The van der Waals surface area contributed by atoms with E-state index in [-0.39, 0.29) is 11.9 Å². The molecule has 0 saturated carbocycles.